The maximum Gasteiger partial charge on any atom is -0.0195 e. The first-order valence-corrected chi connectivity index (χ1v) is 13.2. The van der Waals surface area contributed by atoms with Gasteiger partial charge in [-0.2, -0.15) is 0 Å². The summed E-state index contributed by atoms with van der Waals surface area (Å²) in [5.74, 6) is 0. The van der Waals surface area contributed by atoms with Crippen LogP contribution in [0.4, 0.5) is 0 Å². The van der Waals surface area contributed by atoms with Crippen LogP contribution in [0.5, 0.6) is 0 Å². The summed E-state index contributed by atoms with van der Waals surface area (Å²) in [5, 5.41) is 5.94. The van der Waals surface area contributed by atoms with Gasteiger partial charge in [0.25, 0.3) is 0 Å². The molecule has 0 aliphatic rings. The van der Waals surface area contributed by atoms with Gasteiger partial charge in [-0.1, -0.05) is 121 Å². The normalized spacial score (nSPS) is 10.4. The van der Waals surface area contributed by atoms with E-state index >= 15 is 0 Å². The molecule has 0 radical (unpaired) electrons. The predicted octanol–water partition coefficient (Wildman–Crippen LogP) is 6.49. The molecule has 0 saturated carbocycles. The molecule has 4 rings (SSSR count). The zero-order chi connectivity index (χ0) is 19.7. The van der Waals surface area contributed by atoms with Gasteiger partial charge in [0.15, 0.2) is 0 Å². The molecule has 31 heavy (non-hydrogen) atoms. The van der Waals surface area contributed by atoms with Crippen molar-refractivity contribution in [2.45, 2.75) is 6.42 Å². The molecule has 0 bridgehead atoms. The summed E-state index contributed by atoms with van der Waals surface area (Å²) < 4.78 is 0. The summed E-state index contributed by atoms with van der Waals surface area (Å²) in [5.41, 5.74) is 0. The van der Waals surface area contributed by atoms with Gasteiger partial charge in [-0.15, -0.1) is 24.8 Å². The summed E-state index contributed by atoms with van der Waals surface area (Å²) in [6, 6.07) is 44.3. The smallest absolute Gasteiger partial charge is 0.0195 e. The lowest BCUT2D eigenvalue weighted by molar-refractivity contribution is 1.11. The summed E-state index contributed by atoms with van der Waals surface area (Å²) >= 11 is 0. The fraction of sp³-hybridized carbons (Fsp3) is 0.111. The zero-order valence-corrected chi connectivity index (χ0v) is 20.8. The van der Waals surface area contributed by atoms with Crippen LogP contribution in [0, 0.1) is 0 Å². The number of hydrogen-bond donors (Lipinski definition) is 0. The Labute approximate surface area is 201 Å². The standard InChI is InChI=1S/C27H26P2.2ClH/c1-5-14-24(15-6-1)28(25-16-7-2-8-17-25)22-13-23-29(26-18-9-3-10-19-26)27-20-11-4-12-21-27;;/h1-12,14-21H,13,22-23H2;2*1H. The van der Waals surface area contributed by atoms with Crippen molar-refractivity contribution < 1.29 is 0 Å². The lowest BCUT2D eigenvalue weighted by Crippen LogP contribution is -2.17. The summed E-state index contributed by atoms with van der Waals surface area (Å²) in [4.78, 5) is 0. The van der Waals surface area contributed by atoms with E-state index < -0.39 is 0 Å². The van der Waals surface area contributed by atoms with E-state index in [2.05, 4.69) is 121 Å². The molecule has 4 aromatic rings. The minimum Gasteiger partial charge on any atom is -0.147 e. The van der Waals surface area contributed by atoms with Gasteiger partial charge in [0.05, 0.1) is 0 Å². The van der Waals surface area contributed by atoms with E-state index in [1.54, 1.807) is 0 Å². The molecule has 0 aromatic heterocycles. The van der Waals surface area contributed by atoms with Gasteiger partial charge in [0.2, 0.25) is 0 Å². The monoisotopic (exact) mass is 484 g/mol. The molecular formula is C27H28Cl2P2. The molecule has 0 atom stereocenters. The largest absolute Gasteiger partial charge is 0.147 e. The minimum atomic E-state index is -0.309. The first-order chi connectivity index (χ1) is 14.4. The molecule has 160 valence electrons. The summed E-state index contributed by atoms with van der Waals surface area (Å²) in [6.07, 6.45) is 3.72. The third-order valence-corrected chi connectivity index (χ3v) is 10.2. The van der Waals surface area contributed by atoms with Gasteiger partial charge >= 0.3 is 0 Å². The van der Waals surface area contributed by atoms with Crippen LogP contribution in [0.1, 0.15) is 6.42 Å². The molecular weight excluding hydrogens is 457 g/mol. The van der Waals surface area contributed by atoms with Crippen LogP contribution in [0.3, 0.4) is 0 Å². The molecule has 0 unspecified atom stereocenters. The molecule has 0 spiro atoms. The van der Waals surface area contributed by atoms with Crippen LogP contribution in [0.25, 0.3) is 0 Å². The third-order valence-electron chi connectivity index (χ3n) is 5.03. The third kappa shape index (κ3) is 7.17. The van der Waals surface area contributed by atoms with Gasteiger partial charge in [-0.3, -0.25) is 0 Å². The Bertz CT molecular complexity index is 819. The first kappa shape index (κ1) is 25.6. The number of hydrogen-bond acceptors (Lipinski definition) is 0. The Morgan fingerprint density at radius 2 is 0.581 bits per heavy atom. The molecule has 0 saturated heterocycles. The Hall–Kier alpha value is -1.68. The SMILES string of the molecule is Cl.Cl.c1ccc(P(CCCP(c2ccccc2)c2ccccc2)c2ccccc2)cc1. The zero-order valence-electron chi connectivity index (χ0n) is 17.4. The first-order valence-electron chi connectivity index (χ1n) is 10.2. The van der Waals surface area contributed by atoms with Crippen molar-refractivity contribution in [2.75, 3.05) is 12.3 Å². The number of rotatable bonds is 8. The van der Waals surface area contributed by atoms with Crippen molar-refractivity contribution in [3.05, 3.63) is 121 Å². The van der Waals surface area contributed by atoms with Gasteiger partial charge in [-0.05, 0) is 55.8 Å². The number of halogens is 2. The predicted molar refractivity (Wildman–Crippen MR) is 147 cm³/mol. The number of benzene rings is 4. The summed E-state index contributed by atoms with van der Waals surface area (Å²) in [6.45, 7) is 0. The van der Waals surface area contributed by atoms with Crippen molar-refractivity contribution in [1.29, 1.82) is 0 Å². The molecule has 0 N–H and O–H groups in total. The van der Waals surface area contributed by atoms with E-state index in [9.17, 15) is 0 Å². The highest BCUT2D eigenvalue weighted by molar-refractivity contribution is 7.74. The molecule has 4 aromatic carbocycles. The fourth-order valence-corrected chi connectivity index (χ4v) is 8.59. The lowest BCUT2D eigenvalue weighted by atomic mass is 10.4. The van der Waals surface area contributed by atoms with Gasteiger partial charge in [0.1, 0.15) is 0 Å². The topological polar surface area (TPSA) is 0 Å². The second-order valence-electron chi connectivity index (χ2n) is 7.00. The van der Waals surface area contributed by atoms with E-state index in [4.69, 9.17) is 0 Å². The Morgan fingerprint density at radius 1 is 0.355 bits per heavy atom. The quantitative estimate of drug-likeness (QED) is 0.251. The van der Waals surface area contributed by atoms with Gasteiger partial charge < -0.3 is 0 Å². The van der Waals surface area contributed by atoms with Crippen molar-refractivity contribution in [2.24, 2.45) is 0 Å². The average molecular weight is 485 g/mol. The van der Waals surface area contributed by atoms with Crippen LogP contribution in [-0.4, -0.2) is 12.3 Å². The average Bonchev–Trinajstić information content (AvgIpc) is 2.81. The van der Waals surface area contributed by atoms with E-state index in [1.807, 2.05) is 0 Å². The van der Waals surface area contributed by atoms with E-state index in [0.717, 1.165) is 0 Å². The molecule has 0 heterocycles. The van der Waals surface area contributed by atoms with E-state index in [-0.39, 0.29) is 40.7 Å². The highest BCUT2D eigenvalue weighted by Gasteiger charge is 2.17. The second kappa shape index (κ2) is 13.7. The van der Waals surface area contributed by atoms with Crippen LogP contribution >= 0.6 is 40.7 Å². The van der Waals surface area contributed by atoms with Gasteiger partial charge in [0, 0.05) is 0 Å². The van der Waals surface area contributed by atoms with Crippen molar-refractivity contribution in [1.82, 2.24) is 0 Å². The summed E-state index contributed by atoms with van der Waals surface area (Å²) in [7, 11) is -0.618. The van der Waals surface area contributed by atoms with Crippen LogP contribution in [-0.2, 0) is 0 Å². The minimum absolute atomic E-state index is 0. The molecule has 0 nitrogen and oxygen atoms in total. The van der Waals surface area contributed by atoms with Crippen molar-refractivity contribution in [3.8, 4) is 0 Å². The Morgan fingerprint density at radius 3 is 0.806 bits per heavy atom. The second-order valence-corrected chi connectivity index (χ2v) is 11.7. The lowest BCUT2D eigenvalue weighted by Gasteiger charge is -2.22. The fourth-order valence-electron chi connectivity index (χ4n) is 3.63. The van der Waals surface area contributed by atoms with Crippen LogP contribution in [0.15, 0.2) is 121 Å². The molecule has 0 amide bonds. The Balaban J connectivity index is 0.00000171. The van der Waals surface area contributed by atoms with E-state index in [0.29, 0.717) is 0 Å². The molecule has 0 fully saturated rings. The van der Waals surface area contributed by atoms with Crippen molar-refractivity contribution >= 4 is 61.9 Å². The van der Waals surface area contributed by atoms with Crippen LogP contribution < -0.4 is 21.2 Å². The highest BCUT2D eigenvalue weighted by atomic mass is 35.5. The van der Waals surface area contributed by atoms with E-state index in [1.165, 1.54) is 40.0 Å². The van der Waals surface area contributed by atoms with Crippen LogP contribution in [0.2, 0.25) is 0 Å². The van der Waals surface area contributed by atoms with Gasteiger partial charge in [-0.25, -0.2) is 0 Å². The Kier molecular flexibility index (Phi) is 11.3. The molecule has 0 aliphatic heterocycles. The maximum absolute atomic E-state index is 2.30. The maximum atomic E-state index is 2.30. The highest BCUT2D eigenvalue weighted by Crippen LogP contribution is 2.39. The van der Waals surface area contributed by atoms with Crippen molar-refractivity contribution in [3.63, 3.8) is 0 Å². The molecule has 0 aliphatic carbocycles. The molecule has 4 heteroatoms.